The molecule has 3 amide bonds. The van der Waals surface area contributed by atoms with E-state index >= 15 is 0 Å². The number of ether oxygens (including phenoxy) is 1. The van der Waals surface area contributed by atoms with Crippen molar-refractivity contribution in [2.45, 2.75) is 95.4 Å². The highest BCUT2D eigenvalue weighted by Gasteiger charge is 2.42. The van der Waals surface area contributed by atoms with E-state index in [1.807, 2.05) is 42.2 Å². The minimum Gasteiger partial charge on any atom is -0.445 e. The van der Waals surface area contributed by atoms with Crippen LogP contribution in [0.5, 0.6) is 0 Å². The Morgan fingerprint density at radius 1 is 0.878 bits per heavy atom. The van der Waals surface area contributed by atoms with Crippen LogP contribution in [-0.4, -0.2) is 71.1 Å². The van der Waals surface area contributed by atoms with Crippen molar-refractivity contribution >= 4 is 12.1 Å². The number of urea groups is 1. The molecule has 1 saturated heterocycles. The average Bonchev–Trinajstić information content (AvgIpc) is 3.41. The summed E-state index contributed by atoms with van der Waals surface area (Å²) in [7, 11) is 0. The number of hydrogen-bond acceptors (Lipinski definition) is 4. The van der Waals surface area contributed by atoms with Gasteiger partial charge in [-0.2, -0.15) is 0 Å². The lowest BCUT2D eigenvalue weighted by atomic mass is 9.88. The SMILES string of the molecule is CCN(C(=O)OCc1ccccc1)C1CCN(C[C@H]2CC(N(C(N)=O)C3CCCCC3)CC2c2ccccc2)CC1.[HH]. The number of benzene rings is 2. The van der Waals surface area contributed by atoms with Crippen molar-refractivity contribution in [1.29, 1.82) is 0 Å². The normalized spacial score (nSPS) is 24.2. The van der Waals surface area contributed by atoms with Gasteiger partial charge in [-0.25, -0.2) is 9.59 Å². The molecule has 224 valence electrons. The van der Waals surface area contributed by atoms with Gasteiger partial charge in [0.1, 0.15) is 6.61 Å². The molecule has 0 radical (unpaired) electrons. The van der Waals surface area contributed by atoms with Gasteiger partial charge in [-0.15, -0.1) is 0 Å². The second kappa shape index (κ2) is 14.2. The number of likely N-dealkylation sites (tertiary alicyclic amines) is 1. The second-order valence-electron chi connectivity index (χ2n) is 12.3. The minimum atomic E-state index is -0.242. The number of carbonyl (C=O) groups is 2. The summed E-state index contributed by atoms with van der Waals surface area (Å²) in [5.74, 6) is 0.895. The zero-order valence-electron chi connectivity index (χ0n) is 24.7. The molecule has 2 aromatic carbocycles. The molecule has 2 aromatic rings. The van der Waals surface area contributed by atoms with Crippen LogP contribution in [0.25, 0.3) is 0 Å². The van der Waals surface area contributed by atoms with E-state index in [0.29, 0.717) is 31.0 Å². The van der Waals surface area contributed by atoms with Gasteiger partial charge in [0.25, 0.3) is 0 Å². The number of amides is 3. The molecule has 7 nitrogen and oxygen atoms in total. The first kappa shape index (κ1) is 29.4. The van der Waals surface area contributed by atoms with Crippen LogP contribution in [0.4, 0.5) is 9.59 Å². The molecule has 7 heteroatoms. The molecule has 3 atom stereocenters. The number of nitrogens with two attached hydrogens (primary N) is 1. The highest BCUT2D eigenvalue weighted by atomic mass is 16.6. The van der Waals surface area contributed by atoms with Gasteiger partial charge in [0, 0.05) is 45.7 Å². The lowest BCUT2D eigenvalue weighted by Crippen LogP contribution is -2.50. The van der Waals surface area contributed by atoms with Crippen LogP contribution in [0.3, 0.4) is 0 Å². The van der Waals surface area contributed by atoms with E-state index in [9.17, 15) is 9.59 Å². The van der Waals surface area contributed by atoms with E-state index < -0.39 is 0 Å². The molecule has 2 N–H and O–H groups in total. The summed E-state index contributed by atoms with van der Waals surface area (Å²) in [4.78, 5) is 32.2. The summed E-state index contributed by atoms with van der Waals surface area (Å²) in [6, 6.07) is 21.2. The molecule has 5 rings (SSSR count). The van der Waals surface area contributed by atoms with Gasteiger partial charge >= 0.3 is 12.1 Å². The molecular formula is C34H50N4O3. The molecule has 0 spiro atoms. The molecule has 41 heavy (non-hydrogen) atoms. The van der Waals surface area contributed by atoms with E-state index in [1.165, 1.54) is 24.8 Å². The van der Waals surface area contributed by atoms with Crippen LogP contribution >= 0.6 is 0 Å². The summed E-state index contributed by atoms with van der Waals surface area (Å²) >= 11 is 0. The smallest absolute Gasteiger partial charge is 0.410 e. The first-order chi connectivity index (χ1) is 20.0. The lowest BCUT2D eigenvalue weighted by molar-refractivity contribution is 0.0598. The first-order valence-corrected chi connectivity index (χ1v) is 15.9. The van der Waals surface area contributed by atoms with Crippen molar-refractivity contribution in [2.24, 2.45) is 11.7 Å². The Labute approximate surface area is 247 Å². The largest absolute Gasteiger partial charge is 0.445 e. The number of hydrogen-bond donors (Lipinski definition) is 1. The number of piperidine rings is 1. The van der Waals surface area contributed by atoms with Crippen molar-refractivity contribution in [1.82, 2.24) is 14.7 Å². The van der Waals surface area contributed by atoms with Crippen molar-refractivity contribution < 1.29 is 15.8 Å². The fourth-order valence-corrected chi connectivity index (χ4v) is 7.73. The molecule has 1 aliphatic heterocycles. The Morgan fingerprint density at radius 3 is 2.17 bits per heavy atom. The standard InChI is InChI=1S/C34H48N4O3.H2/c1-2-37(34(40)41-25-26-12-6-3-7-13-26)29-18-20-36(21-19-29)24-28-22-31(23-32(28)27-14-8-4-9-15-27)38(33(35)39)30-16-10-5-11-17-30;/h3-4,6-9,12-15,28-32H,2,5,10-11,16-25H2,1H3,(H2,35,39);1H/t28-,31?,32?;/m1./s1. The summed E-state index contributed by atoms with van der Waals surface area (Å²) in [6.07, 6.45) is 9.49. The molecule has 2 aliphatic carbocycles. The number of primary amides is 1. The molecule has 3 fully saturated rings. The van der Waals surface area contributed by atoms with Crippen molar-refractivity contribution in [2.75, 3.05) is 26.2 Å². The Bertz CT molecular complexity index is 1110. The van der Waals surface area contributed by atoms with E-state index in [1.54, 1.807) is 0 Å². The van der Waals surface area contributed by atoms with E-state index in [-0.39, 0.29) is 25.6 Å². The summed E-state index contributed by atoms with van der Waals surface area (Å²) in [6.45, 7) is 5.96. The fourth-order valence-electron chi connectivity index (χ4n) is 7.73. The summed E-state index contributed by atoms with van der Waals surface area (Å²) in [5, 5.41) is 0. The summed E-state index contributed by atoms with van der Waals surface area (Å²) in [5.41, 5.74) is 8.41. The topological polar surface area (TPSA) is 79.1 Å². The Kier molecular flexibility index (Phi) is 10.2. The predicted octanol–water partition coefficient (Wildman–Crippen LogP) is 6.63. The highest BCUT2D eigenvalue weighted by Crippen LogP contribution is 2.44. The third-order valence-electron chi connectivity index (χ3n) is 9.78. The van der Waals surface area contributed by atoms with Crippen LogP contribution in [0.15, 0.2) is 60.7 Å². The molecule has 3 aliphatic rings. The van der Waals surface area contributed by atoms with Gasteiger partial charge in [-0.1, -0.05) is 79.9 Å². The van der Waals surface area contributed by atoms with E-state index in [0.717, 1.165) is 63.7 Å². The number of nitrogens with zero attached hydrogens (tertiary/aromatic N) is 3. The van der Waals surface area contributed by atoms with E-state index in [4.69, 9.17) is 10.5 Å². The van der Waals surface area contributed by atoms with Gasteiger partial charge in [-0.05, 0) is 68.4 Å². The van der Waals surface area contributed by atoms with Gasteiger partial charge in [0.05, 0.1) is 0 Å². The molecule has 0 bridgehead atoms. The van der Waals surface area contributed by atoms with Crippen molar-refractivity contribution in [3.63, 3.8) is 0 Å². The number of carbonyl (C=O) groups excluding carboxylic acids is 2. The van der Waals surface area contributed by atoms with Gasteiger partial charge in [-0.3, -0.25) is 0 Å². The maximum Gasteiger partial charge on any atom is 0.410 e. The Morgan fingerprint density at radius 2 is 1.54 bits per heavy atom. The zero-order chi connectivity index (χ0) is 28.6. The van der Waals surface area contributed by atoms with Crippen molar-refractivity contribution in [3.8, 4) is 0 Å². The highest BCUT2D eigenvalue weighted by molar-refractivity contribution is 5.73. The van der Waals surface area contributed by atoms with Crippen LogP contribution in [0.1, 0.15) is 83.2 Å². The molecule has 2 unspecified atom stereocenters. The lowest BCUT2D eigenvalue weighted by Gasteiger charge is -2.39. The third kappa shape index (κ3) is 7.42. The Balaban J connectivity index is 0.00000405. The first-order valence-electron chi connectivity index (χ1n) is 15.9. The molecule has 1 heterocycles. The van der Waals surface area contributed by atoms with Gasteiger partial charge < -0.3 is 25.2 Å². The maximum absolute atomic E-state index is 12.9. The quantitative estimate of drug-likeness (QED) is 0.372. The maximum atomic E-state index is 12.9. The van der Waals surface area contributed by atoms with Gasteiger partial charge in [0.15, 0.2) is 0 Å². The molecule has 2 saturated carbocycles. The second-order valence-corrected chi connectivity index (χ2v) is 12.3. The predicted molar refractivity (Wildman–Crippen MR) is 165 cm³/mol. The van der Waals surface area contributed by atoms with Crippen molar-refractivity contribution in [3.05, 3.63) is 71.8 Å². The van der Waals surface area contributed by atoms with Crippen LogP contribution in [0, 0.1) is 5.92 Å². The minimum absolute atomic E-state index is 0. The zero-order valence-corrected chi connectivity index (χ0v) is 24.7. The van der Waals surface area contributed by atoms with Crippen LogP contribution in [0.2, 0.25) is 0 Å². The van der Waals surface area contributed by atoms with Crippen LogP contribution in [-0.2, 0) is 11.3 Å². The number of rotatable bonds is 9. The van der Waals surface area contributed by atoms with Crippen LogP contribution < -0.4 is 5.73 Å². The Hall–Kier alpha value is -3.06. The fraction of sp³-hybridized carbons (Fsp3) is 0.588. The average molecular weight is 563 g/mol. The molecule has 0 aromatic heterocycles. The summed E-state index contributed by atoms with van der Waals surface area (Å²) < 4.78 is 5.67. The third-order valence-corrected chi connectivity index (χ3v) is 9.78. The monoisotopic (exact) mass is 562 g/mol. The molecular weight excluding hydrogens is 512 g/mol. The van der Waals surface area contributed by atoms with E-state index in [2.05, 4.69) is 40.1 Å². The van der Waals surface area contributed by atoms with Gasteiger partial charge in [0.2, 0.25) is 0 Å².